The van der Waals surface area contributed by atoms with Gasteiger partial charge in [-0.05, 0) is 48.9 Å². The molecule has 160 valence electrons. The quantitative estimate of drug-likeness (QED) is 0.720. The minimum atomic E-state index is -0.0831. The lowest BCUT2D eigenvalue weighted by Gasteiger charge is -2.34. The number of hydrogen-bond donors (Lipinski definition) is 1. The van der Waals surface area contributed by atoms with Crippen molar-refractivity contribution in [2.45, 2.75) is 51.0 Å². The number of likely N-dealkylation sites (tertiary alicyclic amines) is 1. The van der Waals surface area contributed by atoms with Crippen LogP contribution >= 0.6 is 0 Å². The molecule has 2 aromatic rings. The van der Waals surface area contributed by atoms with E-state index in [0.29, 0.717) is 25.9 Å². The van der Waals surface area contributed by atoms with Crippen molar-refractivity contribution in [1.82, 2.24) is 10.2 Å². The van der Waals surface area contributed by atoms with Crippen LogP contribution < -0.4 is 10.1 Å². The molecule has 5 nitrogen and oxygen atoms in total. The smallest absolute Gasteiger partial charge is 0.230 e. The van der Waals surface area contributed by atoms with Gasteiger partial charge in [-0.3, -0.25) is 9.59 Å². The molecule has 0 bridgehead atoms. The van der Waals surface area contributed by atoms with E-state index in [1.165, 1.54) is 0 Å². The first-order valence-electron chi connectivity index (χ1n) is 10.9. The van der Waals surface area contributed by atoms with Crippen molar-refractivity contribution >= 4 is 11.8 Å². The average molecular weight is 409 g/mol. The van der Waals surface area contributed by atoms with Gasteiger partial charge in [0.1, 0.15) is 5.75 Å². The number of ether oxygens (including phenoxy) is 1. The number of aryl methyl sites for hydroxylation is 1. The molecule has 1 saturated heterocycles. The zero-order valence-corrected chi connectivity index (χ0v) is 18.0. The molecule has 0 aliphatic carbocycles. The predicted octanol–water partition coefficient (Wildman–Crippen LogP) is 3.93. The Morgan fingerprint density at radius 3 is 2.50 bits per heavy atom. The average Bonchev–Trinajstić information content (AvgIpc) is 2.79. The lowest BCUT2D eigenvalue weighted by Crippen LogP contribution is -2.47. The number of carbonyl (C=O) groups excluding carboxylic acids is 2. The topological polar surface area (TPSA) is 58.6 Å². The highest BCUT2D eigenvalue weighted by Crippen LogP contribution is 2.24. The zero-order valence-electron chi connectivity index (χ0n) is 18.0. The molecule has 30 heavy (non-hydrogen) atoms. The monoisotopic (exact) mass is 408 g/mol. The molecule has 1 heterocycles. The summed E-state index contributed by atoms with van der Waals surface area (Å²) in [6, 6.07) is 18.0. The summed E-state index contributed by atoms with van der Waals surface area (Å²) in [5, 5.41) is 3.14. The minimum Gasteiger partial charge on any atom is -0.497 e. The predicted molar refractivity (Wildman–Crippen MR) is 119 cm³/mol. The van der Waals surface area contributed by atoms with Gasteiger partial charge in [0.05, 0.1) is 13.0 Å². The van der Waals surface area contributed by atoms with Gasteiger partial charge in [-0.15, -0.1) is 0 Å². The second kappa shape index (κ2) is 10.8. The van der Waals surface area contributed by atoms with E-state index in [1.54, 1.807) is 7.11 Å². The van der Waals surface area contributed by atoms with Gasteiger partial charge in [0.15, 0.2) is 0 Å². The maximum Gasteiger partial charge on any atom is 0.230 e. The number of nitrogens with one attached hydrogen (secondary N) is 1. The molecule has 0 radical (unpaired) electrons. The summed E-state index contributed by atoms with van der Waals surface area (Å²) in [4.78, 5) is 27.3. The number of rotatable bonds is 8. The van der Waals surface area contributed by atoms with Crippen molar-refractivity contribution in [2.24, 2.45) is 0 Å². The first-order valence-corrected chi connectivity index (χ1v) is 10.9. The van der Waals surface area contributed by atoms with Crippen LogP contribution in [0.5, 0.6) is 5.75 Å². The SMILES string of the molecule is CCC(C(=O)N1CCC(NC(=O)CCc2cccc(OC)c2)CC1)c1ccccc1. The van der Waals surface area contributed by atoms with Crippen molar-refractivity contribution in [3.05, 3.63) is 65.7 Å². The van der Waals surface area contributed by atoms with Crippen molar-refractivity contribution < 1.29 is 14.3 Å². The maximum absolute atomic E-state index is 13.0. The molecule has 5 heteroatoms. The van der Waals surface area contributed by atoms with Crippen LogP contribution in [0.25, 0.3) is 0 Å². The van der Waals surface area contributed by atoms with Gasteiger partial charge in [0, 0.05) is 25.6 Å². The number of nitrogens with zero attached hydrogens (tertiary/aromatic N) is 1. The first kappa shape index (κ1) is 21.9. The standard InChI is InChI=1S/C25H32N2O3/c1-3-23(20-9-5-4-6-10-20)25(29)27-16-14-21(15-17-27)26-24(28)13-12-19-8-7-11-22(18-19)30-2/h4-11,18,21,23H,3,12-17H2,1-2H3,(H,26,28). The lowest BCUT2D eigenvalue weighted by molar-refractivity contribution is -0.134. The van der Waals surface area contributed by atoms with Crippen molar-refractivity contribution in [1.29, 1.82) is 0 Å². The summed E-state index contributed by atoms with van der Waals surface area (Å²) in [7, 11) is 1.64. The molecule has 2 aromatic carbocycles. The lowest BCUT2D eigenvalue weighted by atomic mass is 9.93. The molecule has 1 fully saturated rings. The Kier molecular flexibility index (Phi) is 7.89. The summed E-state index contributed by atoms with van der Waals surface area (Å²) in [5.74, 6) is 0.996. The highest BCUT2D eigenvalue weighted by Gasteiger charge is 2.28. The first-order chi connectivity index (χ1) is 14.6. The molecule has 2 amide bonds. The number of hydrogen-bond acceptors (Lipinski definition) is 3. The number of carbonyl (C=O) groups is 2. The Labute approximate surface area is 179 Å². The molecule has 1 aliphatic heterocycles. The Bertz CT molecular complexity index is 829. The number of methoxy groups -OCH3 is 1. The van der Waals surface area contributed by atoms with Crippen molar-refractivity contribution in [2.75, 3.05) is 20.2 Å². The molecule has 0 aromatic heterocycles. The summed E-state index contributed by atoms with van der Waals surface area (Å²) in [6.45, 7) is 3.46. The number of benzene rings is 2. The third kappa shape index (κ3) is 5.85. The van der Waals surface area contributed by atoms with Crippen LogP contribution in [-0.2, 0) is 16.0 Å². The summed E-state index contributed by atoms with van der Waals surface area (Å²) in [6.07, 6.45) is 3.56. The Morgan fingerprint density at radius 2 is 1.83 bits per heavy atom. The fraction of sp³-hybridized carbons (Fsp3) is 0.440. The maximum atomic E-state index is 13.0. The molecule has 1 unspecified atom stereocenters. The van der Waals surface area contributed by atoms with Crippen LogP contribution in [0, 0.1) is 0 Å². The van der Waals surface area contributed by atoms with Gasteiger partial charge in [-0.25, -0.2) is 0 Å². The third-order valence-electron chi connectivity index (χ3n) is 5.85. The minimum absolute atomic E-state index is 0.0679. The van der Waals surface area contributed by atoms with E-state index in [0.717, 1.165) is 36.1 Å². The van der Waals surface area contributed by atoms with Gasteiger partial charge in [-0.2, -0.15) is 0 Å². The number of amides is 2. The van der Waals surface area contributed by atoms with E-state index in [9.17, 15) is 9.59 Å². The van der Waals surface area contributed by atoms with E-state index < -0.39 is 0 Å². The fourth-order valence-corrected chi connectivity index (χ4v) is 4.09. The van der Waals surface area contributed by atoms with E-state index in [4.69, 9.17) is 4.74 Å². The molecule has 0 saturated carbocycles. The van der Waals surface area contributed by atoms with Crippen LogP contribution in [0.3, 0.4) is 0 Å². The molecule has 0 spiro atoms. The molecule has 1 aliphatic rings. The molecule has 1 N–H and O–H groups in total. The molecular formula is C25H32N2O3. The highest BCUT2D eigenvalue weighted by molar-refractivity contribution is 5.84. The van der Waals surface area contributed by atoms with Crippen LogP contribution in [-0.4, -0.2) is 43.0 Å². The largest absolute Gasteiger partial charge is 0.497 e. The van der Waals surface area contributed by atoms with Crippen LogP contribution in [0.2, 0.25) is 0 Å². The van der Waals surface area contributed by atoms with E-state index in [2.05, 4.69) is 12.2 Å². The number of piperidine rings is 1. The summed E-state index contributed by atoms with van der Waals surface area (Å²) < 4.78 is 5.23. The van der Waals surface area contributed by atoms with Gasteiger partial charge in [0.2, 0.25) is 11.8 Å². The van der Waals surface area contributed by atoms with E-state index in [-0.39, 0.29) is 23.8 Å². The highest BCUT2D eigenvalue weighted by atomic mass is 16.5. The van der Waals surface area contributed by atoms with Crippen LogP contribution in [0.4, 0.5) is 0 Å². The second-order valence-corrected chi connectivity index (χ2v) is 7.89. The van der Waals surface area contributed by atoms with Gasteiger partial charge >= 0.3 is 0 Å². The molecule has 1 atom stereocenters. The second-order valence-electron chi connectivity index (χ2n) is 7.89. The van der Waals surface area contributed by atoms with Gasteiger partial charge in [0.25, 0.3) is 0 Å². The van der Waals surface area contributed by atoms with Gasteiger partial charge in [-0.1, -0.05) is 49.4 Å². The van der Waals surface area contributed by atoms with E-state index in [1.807, 2.05) is 59.5 Å². The summed E-state index contributed by atoms with van der Waals surface area (Å²) in [5.41, 5.74) is 2.18. The zero-order chi connectivity index (χ0) is 21.3. The summed E-state index contributed by atoms with van der Waals surface area (Å²) >= 11 is 0. The van der Waals surface area contributed by atoms with Gasteiger partial charge < -0.3 is 15.0 Å². The molecule has 3 rings (SSSR count). The van der Waals surface area contributed by atoms with Crippen LogP contribution in [0.15, 0.2) is 54.6 Å². The Balaban J connectivity index is 1.44. The van der Waals surface area contributed by atoms with Crippen molar-refractivity contribution in [3.8, 4) is 5.75 Å². The van der Waals surface area contributed by atoms with Crippen LogP contribution in [0.1, 0.15) is 49.7 Å². The van der Waals surface area contributed by atoms with Crippen molar-refractivity contribution in [3.63, 3.8) is 0 Å². The Morgan fingerprint density at radius 1 is 1.10 bits per heavy atom. The Hall–Kier alpha value is -2.82. The van der Waals surface area contributed by atoms with E-state index >= 15 is 0 Å². The third-order valence-corrected chi connectivity index (χ3v) is 5.85. The molecular weight excluding hydrogens is 376 g/mol. The normalized spacial score (nSPS) is 15.5. The fourth-order valence-electron chi connectivity index (χ4n) is 4.09.